The summed E-state index contributed by atoms with van der Waals surface area (Å²) >= 11 is 0. The first-order chi connectivity index (χ1) is 5.70. The van der Waals surface area contributed by atoms with Crippen molar-refractivity contribution in [3.05, 3.63) is 27.2 Å². The van der Waals surface area contributed by atoms with Crippen molar-refractivity contribution in [2.45, 2.75) is 0 Å². The number of nitrogens with one attached hydrogen (secondary N) is 2. The molecule has 2 aromatic rings. The second kappa shape index (κ2) is 2.07. The Balaban J connectivity index is 0.000000845. The van der Waals surface area contributed by atoms with E-state index >= 15 is 0 Å². The standard InChI is InChI=1S/C6H6N4O2.2H2/c1-10-5(11)3-4(8-2-7-3)9-6(10)12;;/h2H,1H3,(H,7,8)(H,9,12);2*1H. The first-order valence-corrected chi connectivity index (χ1v) is 3.32. The largest absolute Gasteiger partial charge is 0.339 e. The summed E-state index contributed by atoms with van der Waals surface area (Å²) in [6.45, 7) is 0. The summed E-state index contributed by atoms with van der Waals surface area (Å²) < 4.78 is 0.987. The third kappa shape index (κ3) is 0.714. The zero-order valence-corrected chi connectivity index (χ0v) is 6.29. The van der Waals surface area contributed by atoms with Gasteiger partial charge in [0.05, 0.1) is 6.33 Å². The molecule has 2 N–H and O–H groups in total. The molecule has 2 rings (SSSR count). The summed E-state index contributed by atoms with van der Waals surface area (Å²) in [4.78, 5) is 31.1. The molecule has 0 aliphatic carbocycles. The van der Waals surface area contributed by atoms with Gasteiger partial charge in [-0.2, -0.15) is 0 Å². The molecule has 0 aliphatic heterocycles. The fourth-order valence-corrected chi connectivity index (χ4v) is 0.997. The highest BCUT2D eigenvalue weighted by Crippen LogP contribution is 1.93. The molecule has 0 atom stereocenters. The lowest BCUT2D eigenvalue weighted by molar-refractivity contribution is 0.790. The van der Waals surface area contributed by atoms with Crippen LogP contribution in [0.3, 0.4) is 0 Å². The van der Waals surface area contributed by atoms with Crippen LogP contribution in [0.2, 0.25) is 0 Å². The highest BCUT2D eigenvalue weighted by Gasteiger charge is 2.04. The van der Waals surface area contributed by atoms with Crippen LogP contribution in [0.25, 0.3) is 11.2 Å². The Morgan fingerprint density at radius 3 is 3.08 bits per heavy atom. The molecule has 0 amide bonds. The fourth-order valence-electron chi connectivity index (χ4n) is 0.997. The molecule has 0 bridgehead atoms. The summed E-state index contributed by atoms with van der Waals surface area (Å²) in [5.41, 5.74) is -0.217. The van der Waals surface area contributed by atoms with E-state index in [-0.39, 0.29) is 8.41 Å². The Morgan fingerprint density at radius 1 is 1.58 bits per heavy atom. The van der Waals surface area contributed by atoms with E-state index in [1.54, 1.807) is 0 Å². The van der Waals surface area contributed by atoms with E-state index in [4.69, 9.17) is 0 Å². The van der Waals surface area contributed by atoms with E-state index in [2.05, 4.69) is 15.0 Å². The number of hydrogen-bond donors (Lipinski definition) is 2. The van der Waals surface area contributed by atoms with Crippen molar-refractivity contribution in [2.24, 2.45) is 7.05 Å². The van der Waals surface area contributed by atoms with Gasteiger partial charge in [-0.15, -0.1) is 0 Å². The van der Waals surface area contributed by atoms with Crippen molar-refractivity contribution in [3.63, 3.8) is 0 Å². The molecule has 0 radical (unpaired) electrons. The molecule has 0 aliphatic rings. The molecule has 0 spiro atoms. The fraction of sp³-hybridized carbons (Fsp3) is 0.167. The van der Waals surface area contributed by atoms with Crippen molar-refractivity contribution in [2.75, 3.05) is 0 Å². The van der Waals surface area contributed by atoms with Gasteiger partial charge in [-0.25, -0.2) is 9.78 Å². The van der Waals surface area contributed by atoms with Gasteiger partial charge >= 0.3 is 5.69 Å². The number of imidazole rings is 1. The quantitative estimate of drug-likeness (QED) is 0.556. The lowest BCUT2D eigenvalue weighted by atomic mass is 10.5. The molecule has 0 saturated heterocycles. The van der Waals surface area contributed by atoms with E-state index in [9.17, 15) is 9.59 Å². The van der Waals surface area contributed by atoms with Crippen molar-refractivity contribution < 1.29 is 2.85 Å². The molecule has 0 unspecified atom stereocenters. The summed E-state index contributed by atoms with van der Waals surface area (Å²) in [5, 5.41) is 0. The Kier molecular flexibility index (Phi) is 1.18. The predicted octanol–water partition coefficient (Wildman–Crippen LogP) is -0.558. The van der Waals surface area contributed by atoms with Crippen molar-refractivity contribution in [1.82, 2.24) is 19.5 Å². The average Bonchev–Trinajstić information content (AvgIpc) is 2.48. The van der Waals surface area contributed by atoms with E-state index < -0.39 is 5.69 Å². The third-order valence-electron chi connectivity index (χ3n) is 1.69. The number of aromatic nitrogens is 4. The lowest BCUT2D eigenvalue weighted by Crippen LogP contribution is -2.32. The first kappa shape index (κ1) is 6.84. The van der Waals surface area contributed by atoms with Gasteiger partial charge in [0, 0.05) is 9.90 Å². The summed E-state index contributed by atoms with van der Waals surface area (Å²) in [6, 6.07) is 0. The molecule has 2 heterocycles. The number of aromatic amines is 2. The molecule has 0 saturated carbocycles. The van der Waals surface area contributed by atoms with Gasteiger partial charge in [0.15, 0.2) is 5.65 Å². The summed E-state index contributed by atoms with van der Waals surface area (Å²) in [6.07, 6.45) is 1.36. The second-order valence-corrected chi connectivity index (χ2v) is 2.42. The van der Waals surface area contributed by atoms with E-state index in [1.807, 2.05) is 0 Å². The van der Waals surface area contributed by atoms with Crippen LogP contribution in [0.5, 0.6) is 0 Å². The van der Waals surface area contributed by atoms with Gasteiger partial charge in [-0.05, 0) is 0 Å². The second-order valence-electron chi connectivity index (χ2n) is 2.42. The third-order valence-corrected chi connectivity index (χ3v) is 1.69. The lowest BCUT2D eigenvalue weighted by Gasteiger charge is -1.93. The van der Waals surface area contributed by atoms with Crippen LogP contribution >= 0.6 is 0 Å². The van der Waals surface area contributed by atoms with E-state index in [0.717, 1.165) is 4.57 Å². The number of nitrogens with zero attached hydrogens (tertiary/aromatic N) is 2. The molecule has 2 aromatic heterocycles. The monoisotopic (exact) mass is 170 g/mol. The molecular formula is C6H10N4O2. The van der Waals surface area contributed by atoms with Crippen molar-refractivity contribution in [3.8, 4) is 0 Å². The molecule has 0 aromatic carbocycles. The SMILES string of the molecule is Cn1c(=O)[nH]c2nc[nH]c2c1=O.[HH].[HH]. The van der Waals surface area contributed by atoms with Crippen LogP contribution in [0.15, 0.2) is 15.9 Å². The highest BCUT2D eigenvalue weighted by atomic mass is 16.2. The topological polar surface area (TPSA) is 83.5 Å². The Hall–Kier alpha value is -1.85. The minimum absolute atomic E-state index is 0. The number of rotatable bonds is 0. The first-order valence-electron chi connectivity index (χ1n) is 3.32. The van der Waals surface area contributed by atoms with Gasteiger partial charge in [-0.3, -0.25) is 14.3 Å². The van der Waals surface area contributed by atoms with Crippen molar-refractivity contribution in [1.29, 1.82) is 0 Å². The van der Waals surface area contributed by atoms with Crippen LogP contribution in [0.1, 0.15) is 2.85 Å². The number of H-pyrrole nitrogens is 2. The van der Waals surface area contributed by atoms with Gasteiger partial charge in [0.25, 0.3) is 5.56 Å². The van der Waals surface area contributed by atoms with Crippen molar-refractivity contribution >= 4 is 11.2 Å². The van der Waals surface area contributed by atoms with Crippen LogP contribution in [0, 0.1) is 0 Å². The van der Waals surface area contributed by atoms with Gasteiger partial charge < -0.3 is 4.98 Å². The van der Waals surface area contributed by atoms with Gasteiger partial charge in [0.2, 0.25) is 0 Å². The zero-order chi connectivity index (χ0) is 8.72. The molecule has 0 fully saturated rings. The van der Waals surface area contributed by atoms with Crippen LogP contribution in [-0.2, 0) is 7.05 Å². The molecule has 66 valence electrons. The van der Waals surface area contributed by atoms with Gasteiger partial charge in [0.1, 0.15) is 5.52 Å². The normalized spacial score (nSPS) is 10.8. The minimum atomic E-state index is -0.459. The van der Waals surface area contributed by atoms with Gasteiger partial charge in [-0.1, -0.05) is 0 Å². The Labute approximate surface area is 68.8 Å². The summed E-state index contributed by atoms with van der Waals surface area (Å²) in [7, 11) is 1.40. The maximum Gasteiger partial charge on any atom is 0.329 e. The predicted molar refractivity (Wildman–Crippen MR) is 46.2 cm³/mol. The summed E-state index contributed by atoms with van der Waals surface area (Å²) in [5.74, 6) is 0. The smallest absolute Gasteiger partial charge is 0.329 e. The number of fused-ring (bicyclic) bond motifs is 1. The zero-order valence-electron chi connectivity index (χ0n) is 6.29. The Bertz CT molecular complexity index is 540. The maximum absolute atomic E-state index is 11.3. The van der Waals surface area contributed by atoms with E-state index in [1.165, 1.54) is 13.4 Å². The molecule has 6 nitrogen and oxygen atoms in total. The van der Waals surface area contributed by atoms with E-state index in [0.29, 0.717) is 11.2 Å². The van der Waals surface area contributed by atoms with Crippen LogP contribution < -0.4 is 11.2 Å². The van der Waals surface area contributed by atoms with Crippen LogP contribution in [-0.4, -0.2) is 19.5 Å². The maximum atomic E-state index is 11.3. The molecule has 6 heteroatoms. The highest BCUT2D eigenvalue weighted by molar-refractivity contribution is 5.67. The number of hydrogen-bond acceptors (Lipinski definition) is 3. The van der Waals surface area contributed by atoms with Crippen LogP contribution in [0.4, 0.5) is 0 Å². The minimum Gasteiger partial charge on any atom is -0.339 e. The Morgan fingerprint density at radius 2 is 2.33 bits per heavy atom. The average molecular weight is 170 g/mol. The molecular weight excluding hydrogens is 160 g/mol. The molecule has 12 heavy (non-hydrogen) atoms.